The molecule has 3 rings (SSSR count). The fourth-order valence-corrected chi connectivity index (χ4v) is 3.79. The largest absolute Gasteiger partial charge is 0.389 e. The standard InChI is InChI=1S/C15H19BrN2O2/c16-13-6-3-5-12(17-13)14(19)18-9-8-15(20)7-2-1-4-11(15)10-18/h3,5-6,11,20H,1-2,4,7-10H2. The van der Waals surface area contributed by atoms with E-state index in [-0.39, 0.29) is 11.8 Å². The summed E-state index contributed by atoms with van der Waals surface area (Å²) in [4.78, 5) is 18.6. The number of aromatic nitrogens is 1. The maximum absolute atomic E-state index is 12.5. The number of fused-ring (bicyclic) bond motifs is 1. The number of nitrogens with zero attached hydrogens (tertiary/aromatic N) is 2. The average Bonchev–Trinajstić information content (AvgIpc) is 2.45. The number of piperidine rings is 1. The lowest BCUT2D eigenvalue weighted by atomic mass is 9.71. The van der Waals surface area contributed by atoms with Crippen LogP contribution in [0.3, 0.4) is 0 Å². The van der Waals surface area contributed by atoms with Crippen LogP contribution in [-0.4, -0.2) is 39.6 Å². The van der Waals surface area contributed by atoms with Gasteiger partial charge >= 0.3 is 0 Å². The van der Waals surface area contributed by atoms with Gasteiger partial charge in [-0.15, -0.1) is 0 Å². The Bertz CT molecular complexity index is 522. The van der Waals surface area contributed by atoms with Crippen molar-refractivity contribution < 1.29 is 9.90 Å². The van der Waals surface area contributed by atoms with E-state index in [0.717, 1.165) is 25.7 Å². The molecule has 1 aliphatic heterocycles. The lowest BCUT2D eigenvalue weighted by Crippen LogP contribution is -2.54. The van der Waals surface area contributed by atoms with Gasteiger partial charge in [0.15, 0.2) is 0 Å². The third-order valence-electron chi connectivity index (χ3n) is 4.65. The zero-order valence-electron chi connectivity index (χ0n) is 11.4. The predicted octanol–water partition coefficient (Wildman–Crippen LogP) is 2.61. The smallest absolute Gasteiger partial charge is 0.272 e. The highest BCUT2D eigenvalue weighted by Crippen LogP contribution is 2.39. The maximum atomic E-state index is 12.5. The number of halogens is 1. The monoisotopic (exact) mass is 338 g/mol. The van der Waals surface area contributed by atoms with Crippen LogP contribution in [0.25, 0.3) is 0 Å². The van der Waals surface area contributed by atoms with Crippen LogP contribution >= 0.6 is 15.9 Å². The molecular formula is C15H19BrN2O2. The summed E-state index contributed by atoms with van der Waals surface area (Å²) in [6.07, 6.45) is 4.86. The van der Waals surface area contributed by atoms with Crippen molar-refractivity contribution in [2.45, 2.75) is 37.7 Å². The highest BCUT2D eigenvalue weighted by Gasteiger charge is 2.43. The van der Waals surface area contributed by atoms with Crippen molar-refractivity contribution in [1.29, 1.82) is 0 Å². The normalized spacial score (nSPS) is 29.9. The molecule has 0 radical (unpaired) electrons. The Morgan fingerprint density at radius 3 is 3.05 bits per heavy atom. The number of carbonyl (C=O) groups is 1. The number of rotatable bonds is 1. The van der Waals surface area contributed by atoms with Crippen LogP contribution < -0.4 is 0 Å². The molecule has 20 heavy (non-hydrogen) atoms. The summed E-state index contributed by atoms with van der Waals surface area (Å²) in [6.45, 7) is 1.28. The van der Waals surface area contributed by atoms with Gasteiger partial charge in [0.05, 0.1) is 5.60 Å². The fourth-order valence-electron chi connectivity index (χ4n) is 3.44. The summed E-state index contributed by atoms with van der Waals surface area (Å²) in [7, 11) is 0. The van der Waals surface area contributed by atoms with Crippen molar-refractivity contribution in [2.75, 3.05) is 13.1 Å². The molecule has 1 aromatic rings. The minimum atomic E-state index is -0.542. The Morgan fingerprint density at radius 1 is 1.40 bits per heavy atom. The third-order valence-corrected chi connectivity index (χ3v) is 5.09. The SMILES string of the molecule is O=C(c1cccc(Br)n1)N1CCC2(O)CCCCC2C1. The fraction of sp³-hybridized carbons (Fsp3) is 0.600. The van der Waals surface area contributed by atoms with Crippen molar-refractivity contribution in [1.82, 2.24) is 9.88 Å². The van der Waals surface area contributed by atoms with E-state index < -0.39 is 5.60 Å². The van der Waals surface area contributed by atoms with Gasteiger partial charge in [0.2, 0.25) is 0 Å². The van der Waals surface area contributed by atoms with Crippen LogP contribution in [0, 0.1) is 5.92 Å². The van der Waals surface area contributed by atoms with Crippen molar-refractivity contribution >= 4 is 21.8 Å². The molecule has 4 nitrogen and oxygen atoms in total. The minimum absolute atomic E-state index is 0.0288. The Morgan fingerprint density at radius 2 is 2.25 bits per heavy atom. The molecule has 5 heteroatoms. The van der Waals surface area contributed by atoms with E-state index in [4.69, 9.17) is 0 Å². The number of hydrogen-bond donors (Lipinski definition) is 1. The molecule has 1 saturated heterocycles. The molecule has 2 unspecified atom stereocenters. The van der Waals surface area contributed by atoms with Crippen LogP contribution in [0.1, 0.15) is 42.6 Å². The predicted molar refractivity (Wildman–Crippen MR) is 79.4 cm³/mol. The molecule has 2 aliphatic rings. The van der Waals surface area contributed by atoms with E-state index in [0.29, 0.717) is 29.8 Å². The molecule has 1 amide bonds. The number of amides is 1. The first-order chi connectivity index (χ1) is 9.58. The Balaban J connectivity index is 1.74. The van der Waals surface area contributed by atoms with E-state index in [1.165, 1.54) is 0 Å². The van der Waals surface area contributed by atoms with E-state index in [2.05, 4.69) is 20.9 Å². The first-order valence-electron chi connectivity index (χ1n) is 7.23. The third kappa shape index (κ3) is 2.61. The van der Waals surface area contributed by atoms with Crippen LogP contribution in [0.4, 0.5) is 0 Å². The number of likely N-dealkylation sites (tertiary alicyclic amines) is 1. The molecule has 0 bridgehead atoms. The second kappa shape index (κ2) is 5.45. The summed E-state index contributed by atoms with van der Waals surface area (Å²) in [5.41, 5.74) is -0.0691. The second-order valence-electron chi connectivity index (χ2n) is 5.89. The van der Waals surface area contributed by atoms with Crippen molar-refractivity contribution in [3.05, 3.63) is 28.5 Å². The van der Waals surface area contributed by atoms with Gasteiger partial charge in [-0.25, -0.2) is 4.98 Å². The van der Waals surface area contributed by atoms with Crippen LogP contribution in [0.5, 0.6) is 0 Å². The number of hydrogen-bond acceptors (Lipinski definition) is 3. The topological polar surface area (TPSA) is 53.4 Å². The van der Waals surface area contributed by atoms with Gasteiger partial charge in [-0.05, 0) is 47.3 Å². The summed E-state index contributed by atoms with van der Waals surface area (Å²) in [5.74, 6) is 0.194. The minimum Gasteiger partial charge on any atom is -0.389 e. The molecule has 2 atom stereocenters. The van der Waals surface area contributed by atoms with Gasteiger partial charge in [0, 0.05) is 19.0 Å². The number of pyridine rings is 1. The van der Waals surface area contributed by atoms with Crippen LogP contribution in [0.15, 0.2) is 22.8 Å². The molecular weight excluding hydrogens is 320 g/mol. The Labute approximate surface area is 127 Å². The molecule has 1 aromatic heterocycles. The van der Waals surface area contributed by atoms with E-state index in [1.54, 1.807) is 6.07 Å². The highest BCUT2D eigenvalue weighted by atomic mass is 79.9. The van der Waals surface area contributed by atoms with Gasteiger partial charge in [-0.3, -0.25) is 4.79 Å². The molecule has 1 N–H and O–H groups in total. The van der Waals surface area contributed by atoms with Crippen LogP contribution in [0.2, 0.25) is 0 Å². The van der Waals surface area contributed by atoms with Gasteiger partial charge in [0.1, 0.15) is 10.3 Å². The molecule has 1 aliphatic carbocycles. The van der Waals surface area contributed by atoms with Gasteiger partial charge in [-0.1, -0.05) is 18.9 Å². The Hall–Kier alpha value is -0.940. The average molecular weight is 339 g/mol. The van der Waals surface area contributed by atoms with Gasteiger partial charge in [-0.2, -0.15) is 0 Å². The number of aliphatic hydroxyl groups is 1. The molecule has 2 heterocycles. The second-order valence-corrected chi connectivity index (χ2v) is 6.71. The van der Waals surface area contributed by atoms with E-state index in [1.807, 2.05) is 17.0 Å². The molecule has 108 valence electrons. The molecule has 0 spiro atoms. The molecule has 1 saturated carbocycles. The van der Waals surface area contributed by atoms with E-state index >= 15 is 0 Å². The first kappa shape index (κ1) is 14.0. The first-order valence-corrected chi connectivity index (χ1v) is 8.02. The molecule has 2 fully saturated rings. The van der Waals surface area contributed by atoms with E-state index in [9.17, 15) is 9.90 Å². The maximum Gasteiger partial charge on any atom is 0.272 e. The van der Waals surface area contributed by atoms with Crippen LogP contribution in [-0.2, 0) is 0 Å². The summed E-state index contributed by atoms with van der Waals surface area (Å²) in [5, 5.41) is 10.6. The zero-order chi connectivity index (χ0) is 14.2. The zero-order valence-corrected chi connectivity index (χ0v) is 13.0. The highest BCUT2D eigenvalue weighted by molar-refractivity contribution is 9.10. The van der Waals surface area contributed by atoms with Gasteiger partial charge in [0.25, 0.3) is 5.91 Å². The summed E-state index contributed by atoms with van der Waals surface area (Å²) >= 11 is 3.30. The quantitative estimate of drug-likeness (QED) is 0.801. The van der Waals surface area contributed by atoms with Crippen molar-refractivity contribution in [3.8, 4) is 0 Å². The van der Waals surface area contributed by atoms with Gasteiger partial charge < -0.3 is 10.0 Å². The number of carbonyl (C=O) groups excluding carboxylic acids is 1. The Kier molecular flexibility index (Phi) is 3.82. The summed E-state index contributed by atoms with van der Waals surface area (Å²) < 4.78 is 0.675. The summed E-state index contributed by atoms with van der Waals surface area (Å²) in [6, 6.07) is 5.38. The molecule has 0 aromatic carbocycles. The van der Waals surface area contributed by atoms with Crippen molar-refractivity contribution in [3.63, 3.8) is 0 Å². The lowest BCUT2D eigenvalue weighted by molar-refractivity contribution is -0.0886. The van der Waals surface area contributed by atoms with Crippen molar-refractivity contribution in [2.24, 2.45) is 5.92 Å². The lowest BCUT2D eigenvalue weighted by Gasteiger charge is -2.47.